The average molecular weight is 301 g/mol. The van der Waals surface area contributed by atoms with Gasteiger partial charge in [0.15, 0.2) is 0 Å². The van der Waals surface area contributed by atoms with Gasteiger partial charge in [-0.2, -0.15) is 0 Å². The van der Waals surface area contributed by atoms with Gasteiger partial charge in [-0.05, 0) is 27.7 Å². The monoisotopic (exact) mass is 301 g/mol. The molecule has 1 radical (unpaired) electrons. The van der Waals surface area contributed by atoms with Crippen molar-refractivity contribution < 1.29 is 32.6 Å². The molecule has 0 amide bonds. The smallest absolute Gasteiger partial charge is 0.0483 e. The maximum atomic E-state index is 8.06. The van der Waals surface area contributed by atoms with E-state index < -0.39 is 0 Å². The van der Waals surface area contributed by atoms with E-state index in [4.69, 9.17) is 10.2 Å². The standard InChI is InChI=1S/2C3H8O.Ta/c2*1-3(2)4;/h2*3-4H,1-2H3;. The summed E-state index contributed by atoms with van der Waals surface area (Å²) in [4.78, 5) is 0. The van der Waals surface area contributed by atoms with Crippen LogP contribution in [0, 0.1) is 0 Å². The van der Waals surface area contributed by atoms with Gasteiger partial charge < -0.3 is 10.2 Å². The molecule has 0 aromatic heterocycles. The molecule has 0 atom stereocenters. The van der Waals surface area contributed by atoms with Crippen molar-refractivity contribution in [3.8, 4) is 0 Å². The Morgan fingerprint density at radius 2 is 0.778 bits per heavy atom. The van der Waals surface area contributed by atoms with Gasteiger partial charge in [0.2, 0.25) is 0 Å². The van der Waals surface area contributed by atoms with Crippen LogP contribution in [0.25, 0.3) is 0 Å². The molecule has 0 aliphatic rings. The molecule has 2 nitrogen and oxygen atoms in total. The summed E-state index contributed by atoms with van der Waals surface area (Å²) in [5, 5.41) is 16.1. The summed E-state index contributed by atoms with van der Waals surface area (Å²) in [6.45, 7) is 6.89. The van der Waals surface area contributed by atoms with E-state index >= 15 is 0 Å². The summed E-state index contributed by atoms with van der Waals surface area (Å²) in [5.74, 6) is 0. The zero-order chi connectivity index (χ0) is 7.15. The molecule has 0 bridgehead atoms. The van der Waals surface area contributed by atoms with Gasteiger partial charge in [0.05, 0.1) is 0 Å². The molecule has 0 aromatic carbocycles. The predicted molar refractivity (Wildman–Crippen MR) is 34.7 cm³/mol. The van der Waals surface area contributed by atoms with E-state index in [0.717, 1.165) is 0 Å². The van der Waals surface area contributed by atoms with Crippen LogP contribution in [-0.4, -0.2) is 22.4 Å². The molecule has 0 aliphatic heterocycles. The predicted octanol–water partition coefficient (Wildman–Crippen LogP) is 0.772. The van der Waals surface area contributed by atoms with Crippen molar-refractivity contribution in [2.24, 2.45) is 0 Å². The van der Waals surface area contributed by atoms with Gasteiger partial charge >= 0.3 is 0 Å². The Bertz CT molecular complexity index is 26.5. The van der Waals surface area contributed by atoms with Crippen LogP contribution in [0.5, 0.6) is 0 Å². The third-order valence-electron chi connectivity index (χ3n) is 0. The fraction of sp³-hybridized carbons (Fsp3) is 1.00. The molecule has 0 aromatic rings. The summed E-state index contributed by atoms with van der Waals surface area (Å²) in [5.41, 5.74) is 0. The van der Waals surface area contributed by atoms with E-state index in [2.05, 4.69) is 0 Å². The first-order valence-corrected chi connectivity index (χ1v) is 2.83. The van der Waals surface area contributed by atoms with E-state index in [1.165, 1.54) is 0 Å². The van der Waals surface area contributed by atoms with Crippen LogP contribution < -0.4 is 0 Å². The minimum Gasteiger partial charge on any atom is -0.394 e. The Morgan fingerprint density at radius 3 is 0.778 bits per heavy atom. The second-order valence-electron chi connectivity index (χ2n) is 2.19. The second-order valence-corrected chi connectivity index (χ2v) is 2.19. The zero-order valence-electron chi connectivity index (χ0n) is 6.50. The molecule has 0 saturated heterocycles. The second kappa shape index (κ2) is 11.5. The van der Waals surface area contributed by atoms with Crippen molar-refractivity contribution in [1.29, 1.82) is 0 Å². The van der Waals surface area contributed by atoms with Gasteiger partial charge in [0.25, 0.3) is 0 Å². The Balaban J connectivity index is -0.0000000720. The molecule has 0 spiro atoms. The zero-order valence-corrected chi connectivity index (χ0v) is 9.71. The topological polar surface area (TPSA) is 40.5 Å². The fourth-order valence-electron chi connectivity index (χ4n) is 0. The first kappa shape index (κ1) is 16.3. The van der Waals surface area contributed by atoms with Crippen LogP contribution in [0.3, 0.4) is 0 Å². The van der Waals surface area contributed by atoms with Gasteiger partial charge in [-0.1, -0.05) is 0 Å². The van der Waals surface area contributed by atoms with Crippen LogP contribution in [0.15, 0.2) is 0 Å². The molecule has 3 heteroatoms. The summed E-state index contributed by atoms with van der Waals surface area (Å²) in [6.07, 6.45) is -0.333. The van der Waals surface area contributed by atoms with Crippen LogP contribution in [0.1, 0.15) is 27.7 Å². The van der Waals surface area contributed by atoms with Crippen LogP contribution in [0.2, 0.25) is 0 Å². The molecule has 0 unspecified atom stereocenters. The van der Waals surface area contributed by atoms with Gasteiger partial charge in [0, 0.05) is 34.6 Å². The summed E-state index contributed by atoms with van der Waals surface area (Å²) < 4.78 is 0. The quantitative estimate of drug-likeness (QED) is 0.694. The fourth-order valence-corrected chi connectivity index (χ4v) is 0. The molecule has 0 aliphatic carbocycles. The maximum Gasteiger partial charge on any atom is 0.0483 e. The summed E-state index contributed by atoms with van der Waals surface area (Å²) in [7, 11) is 0. The van der Waals surface area contributed by atoms with E-state index in [9.17, 15) is 0 Å². The number of aliphatic hydroxyl groups excluding tert-OH is 2. The number of aliphatic hydroxyl groups is 2. The van der Waals surface area contributed by atoms with E-state index in [-0.39, 0.29) is 34.6 Å². The van der Waals surface area contributed by atoms with E-state index in [1.54, 1.807) is 27.7 Å². The third-order valence-corrected chi connectivity index (χ3v) is 0. The van der Waals surface area contributed by atoms with E-state index in [1.807, 2.05) is 0 Å². The Kier molecular flexibility index (Phi) is 20.8. The summed E-state index contributed by atoms with van der Waals surface area (Å²) in [6, 6.07) is 0. The molecule has 0 rings (SSSR count). The minimum atomic E-state index is -0.167. The van der Waals surface area contributed by atoms with Crippen molar-refractivity contribution in [2.75, 3.05) is 0 Å². The molecular formula is C6H16O2Ta. The Labute approximate surface area is 72.8 Å². The SMILES string of the molecule is CC(C)O.CC(C)O.[Ta]. The Hall–Kier alpha value is 0.660. The van der Waals surface area contributed by atoms with Gasteiger partial charge in [-0.15, -0.1) is 0 Å². The molecule has 2 N–H and O–H groups in total. The Morgan fingerprint density at radius 1 is 0.778 bits per heavy atom. The number of rotatable bonds is 0. The molecular weight excluding hydrogens is 285 g/mol. The van der Waals surface area contributed by atoms with Crippen molar-refractivity contribution >= 4 is 0 Å². The van der Waals surface area contributed by atoms with Crippen molar-refractivity contribution in [2.45, 2.75) is 39.9 Å². The normalized spacial score (nSPS) is 8.00. The van der Waals surface area contributed by atoms with Gasteiger partial charge in [-0.25, -0.2) is 0 Å². The molecule has 0 fully saturated rings. The molecule has 9 heavy (non-hydrogen) atoms. The molecule has 0 saturated carbocycles. The number of hydrogen-bond acceptors (Lipinski definition) is 2. The third kappa shape index (κ3) is 881. The first-order valence-electron chi connectivity index (χ1n) is 2.83. The molecule has 57 valence electrons. The average Bonchev–Trinajstić information content (AvgIpc) is 1.25. The van der Waals surface area contributed by atoms with Crippen LogP contribution in [-0.2, 0) is 22.4 Å². The van der Waals surface area contributed by atoms with Crippen LogP contribution in [0.4, 0.5) is 0 Å². The van der Waals surface area contributed by atoms with Crippen LogP contribution >= 0.6 is 0 Å². The number of hydrogen-bond donors (Lipinski definition) is 2. The first-order chi connectivity index (χ1) is 3.46. The van der Waals surface area contributed by atoms with E-state index in [0.29, 0.717) is 0 Å². The molecule has 0 heterocycles. The largest absolute Gasteiger partial charge is 0.394 e. The maximum absolute atomic E-state index is 8.06. The minimum absolute atomic E-state index is 0. The van der Waals surface area contributed by atoms with Crippen molar-refractivity contribution in [3.63, 3.8) is 0 Å². The van der Waals surface area contributed by atoms with Gasteiger partial charge in [-0.3, -0.25) is 0 Å². The van der Waals surface area contributed by atoms with Gasteiger partial charge in [0.1, 0.15) is 0 Å². The van der Waals surface area contributed by atoms with Crippen molar-refractivity contribution in [1.82, 2.24) is 0 Å². The van der Waals surface area contributed by atoms with Crippen molar-refractivity contribution in [3.05, 3.63) is 0 Å². The summed E-state index contributed by atoms with van der Waals surface area (Å²) >= 11 is 0.